The summed E-state index contributed by atoms with van der Waals surface area (Å²) >= 11 is 5.92. The molecule has 0 aliphatic heterocycles. The Morgan fingerprint density at radius 3 is 2.83 bits per heavy atom. The van der Waals surface area contributed by atoms with Gasteiger partial charge in [-0.3, -0.25) is 4.98 Å². The van der Waals surface area contributed by atoms with E-state index in [0.717, 1.165) is 16.1 Å². The molecule has 2 aromatic heterocycles. The molecule has 0 spiro atoms. The van der Waals surface area contributed by atoms with Gasteiger partial charge in [0, 0.05) is 35.9 Å². The predicted octanol–water partition coefficient (Wildman–Crippen LogP) is 2.73. The second-order valence-electron chi connectivity index (χ2n) is 2.46. The fourth-order valence-electron chi connectivity index (χ4n) is 1.09. The molecule has 0 aliphatic carbocycles. The van der Waals surface area contributed by atoms with E-state index >= 15 is 0 Å². The first kappa shape index (κ1) is 7.37. The summed E-state index contributed by atoms with van der Waals surface area (Å²) in [4.78, 5) is 6.95. The minimum Gasteiger partial charge on any atom is -0.366 e. The van der Waals surface area contributed by atoms with Gasteiger partial charge in [0.05, 0.1) is 5.02 Å². The number of halogens is 1. The van der Waals surface area contributed by atoms with Gasteiger partial charge < -0.3 is 4.98 Å². The van der Waals surface area contributed by atoms with Crippen LogP contribution in [0.4, 0.5) is 0 Å². The molecule has 0 saturated carbocycles. The van der Waals surface area contributed by atoms with Crippen LogP contribution in [0.1, 0.15) is 0 Å². The van der Waals surface area contributed by atoms with Gasteiger partial charge in [0.25, 0.3) is 0 Å². The average Bonchev–Trinajstić information content (AvgIpc) is 2.53. The van der Waals surface area contributed by atoms with Crippen LogP contribution < -0.4 is 0 Å². The highest BCUT2D eigenvalue weighted by atomic mass is 35.5. The van der Waals surface area contributed by atoms with Gasteiger partial charge in [0.2, 0.25) is 0 Å². The molecule has 0 aromatic carbocycles. The van der Waals surface area contributed by atoms with Crippen molar-refractivity contribution < 1.29 is 0 Å². The summed E-state index contributed by atoms with van der Waals surface area (Å²) in [7, 11) is 0. The molecule has 0 unspecified atom stereocenters. The summed E-state index contributed by atoms with van der Waals surface area (Å²) in [6.07, 6.45) is 7.14. The molecule has 0 aliphatic rings. The molecule has 60 valence electrons. The number of nitrogens with one attached hydrogen (secondary N) is 1. The highest BCUT2D eigenvalue weighted by molar-refractivity contribution is 6.33. The van der Waals surface area contributed by atoms with Gasteiger partial charge in [-0.05, 0) is 6.07 Å². The maximum absolute atomic E-state index is 5.92. The van der Waals surface area contributed by atoms with Gasteiger partial charge in [0.15, 0.2) is 0 Å². The Morgan fingerprint density at radius 2 is 2.25 bits per heavy atom. The van der Waals surface area contributed by atoms with E-state index in [1.807, 2.05) is 18.3 Å². The van der Waals surface area contributed by atoms with Crippen LogP contribution in [-0.2, 0) is 0 Å². The lowest BCUT2D eigenvalue weighted by Gasteiger charge is -1.95. The third kappa shape index (κ3) is 1.21. The van der Waals surface area contributed by atoms with Gasteiger partial charge in [-0.15, -0.1) is 0 Å². The van der Waals surface area contributed by atoms with E-state index in [2.05, 4.69) is 9.97 Å². The van der Waals surface area contributed by atoms with Crippen molar-refractivity contribution in [1.82, 2.24) is 9.97 Å². The van der Waals surface area contributed by atoms with Crippen molar-refractivity contribution in [2.24, 2.45) is 0 Å². The van der Waals surface area contributed by atoms with Crippen LogP contribution in [0.15, 0.2) is 36.9 Å². The SMILES string of the molecule is Clc1c[nH]cc1-c1cccnc1. The molecule has 2 heterocycles. The monoisotopic (exact) mass is 178 g/mol. The molecule has 2 aromatic rings. The van der Waals surface area contributed by atoms with E-state index in [9.17, 15) is 0 Å². The first-order valence-corrected chi connectivity index (χ1v) is 3.98. The highest BCUT2D eigenvalue weighted by Gasteiger charge is 2.02. The quantitative estimate of drug-likeness (QED) is 0.715. The fraction of sp³-hybridized carbons (Fsp3) is 0. The zero-order chi connectivity index (χ0) is 8.39. The first-order chi connectivity index (χ1) is 5.88. The smallest absolute Gasteiger partial charge is 0.0659 e. The third-order valence-electron chi connectivity index (χ3n) is 1.67. The Bertz CT molecular complexity index is 367. The van der Waals surface area contributed by atoms with Crippen molar-refractivity contribution in [3.05, 3.63) is 41.9 Å². The molecule has 0 saturated heterocycles. The van der Waals surface area contributed by atoms with Crippen LogP contribution in [-0.4, -0.2) is 9.97 Å². The van der Waals surface area contributed by atoms with E-state index in [4.69, 9.17) is 11.6 Å². The molecule has 3 heteroatoms. The summed E-state index contributed by atoms with van der Waals surface area (Å²) in [6, 6.07) is 3.86. The number of aromatic amines is 1. The molecule has 0 atom stereocenters. The number of H-pyrrole nitrogens is 1. The van der Waals surface area contributed by atoms with Crippen LogP contribution in [0.25, 0.3) is 11.1 Å². The molecule has 2 rings (SSSR count). The Morgan fingerprint density at radius 1 is 1.33 bits per heavy atom. The van der Waals surface area contributed by atoms with Gasteiger partial charge in [-0.1, -0.05) is 17.7 Å². The van der Waals surface area contributed by atoms with Crippen molar-refractivity contribution in [2.45, 2.75) is 0 Å². The van der Waals surface area contributed by atoms with Crippen molar-refractivity contribution in [3.63, 3.8) is 0 Å². The number of hydrogen-bond acceptors (Lipinski definition) is 1. The lowest BCUT2D eigenvalue weighted by atomic mass is 10.2. The second-order valence-corrected chi connectivity index (χ2v) is 2.87. The maximum atomic E-state index is 5.92. The van der Waals surface area contributed by atoms with Crippen LogP contribution in [0, 0.1) is 0 Å². The molecule has 1 N–H and O–H groups in total. The standard InChI is InChI=1S/C9H7ClN2/c10-9-6-12-5-8(9)7-2-1-3-11-4-7/h1-6,12H. The zero-order valence-electron chi connectivity index (χ0n) is 6.29. The molecule has 0 bridgehead atoms. The fourth-order valence-corrected chi connectivity index (χ4v) is 1.31. The Hall–Kier alpha value is -1.28. The normalized spacial score (nSPS) is 10.1. The molecule has 12 heavy (non-hydrogen) atoms. The first-order valence-electron chi connectivity index (χ1n) is 3.60. The van der Waals surface area contributed by atoms with Crippen LogP contribution in [0.2, 0.25) is 5.02 Å². The summed E-state index contributed by atoms with van der Waals surface area (Å²) in [6.45, 7) is 0. The van der Waals surface area contributed by atoms with E-state index < -0.39 is 0 Å². The van der Waals surface area contributed by atoms with Crippen LogP contribution in [0.5, 0.6) is 0 Å². The number of nitrogens with zero attached hydrogens (tertiary/aromatic N) is 1. The van der Waals surface area contributed by atoms with E-state index in [-0.39, 0.29) is 0 Å². The lowest BCUT2D eigenvalue weighted by molar-refractivity contribution is 1.33. The number of aromatic nitrogens is 2. The summed E-state index contributed by atoms with van der Waals surface area (Å²) < 4.78 is 0. The Kier molecular flexibility index (Phi) is 1.84. The molecular weight excluding hydrogens is 172 g/mol. The summed E-state index contributed by atoms with van der Waals surface area (Å²) in [5, 5.41) is 0.725. The Labute approximate surface area is 75.2 Å². The minimum absolute atomic E-state index is 0.725. The second kappa shape index (κ2) is 2.99. The van der Waals surface area contributed by atoms with Gasteiger partial charge in [0.1, 0.15) is 0 Å². The molecule has 2 nitrogen and oxygen atoms in total. The number of hydrogen-bond donors (Lipinski definition) is 1. The molecule has 0 fully saturated rings. The maximum Gasteiger partial charge on any atom is 0.0659 e. The predicted molar refractivity (Wildman–Crippen MR) is 49.0 cm³/mol. The summed E-state index contributed by atoms with van der Waals surface area (Å²) in [5.41, 5.74) is 2.02. The largest absolute Gasteiger partial charge is 0.366 e. The summed E-state index contributed by atoms with van der Waals surface area (Å²) in [5.74, 6) is 0. The average molecular weight is 179 g/mol. The Balaban J connectivity index is 2.51. The highest BCUT2D eigenvalue weighted by Crippen LogP contribution is 2.25. The van der Waals surface area contributed by atoms with Crippen LogP contribution >= 0.6 is 11.6 Å². The van der Waals surface area contributed by atoms with Gasteiger partial charge >= 0.3 is 0 Å². The molecular formula is C9H7ClN2. The number of rotatable bonds is 1. The zero-order valence-corrected chi connectivity index (χ0v) is 7.05. The number of pyridine rings is 1. The molecule has 0 amide bonds. The van der Waals surface area contributed by atoms with E-state index in [1.54, 1.807) is 18.6 Å². The van der Waals surface area contributed by atoms with Crippen molar-refractivity contribution in [1.29, 1.82) is 0 Å². The molecule has 0 radical (unpaired) electrons. The van der Waals surface area contributed by atoms with Crippen molar-refractivity contribution >= 4 is 11.6 Å². The van der Waals surface area contributed by atoms with E-state index in [1.165, 1.54) is 0 Å². The van der Waals surface area contributed by atoms with Crippen LogP contribution in [0.3, 0.4) is 0 Å². The van der Waals surface area contributed by atoms with Gasteiger partial charge in [-0.25, -0.2) is 0 Å². The van der Waals surface area contributed by atoms with Gasteiger partial charge in [-0.2, -0.15) is 0 Å². The van der Waals surface area contributed by atoms with E-state index in [0.29, 0.717) is 0 Å². The minimum atomic E-state index is 0.725. The third-order valence-corrected chi connectivity index (χ3v) is 1.98. The van der Waals surface area contributed by atoms with Crippen molar-refractivity contribution in [2.75, 3.05) is 0 Å². The lowest BCUT2D eigenvalue weighted by Crippen LogP contribution is -1.75. The van der Waals surface area contributed by atoms with Crippen molar-refractivity contribution in [3.8, 4) is 11.1 Å². The topological polar surface area (TPSA) is 28.7 Å².